The van der Waals surface area contributed by atoms with Gasteiger partial charge in [-0.1, -0.05) is 32.1 Å². The van der Waals surface area contributed by atoms with Gasteiger partial charge in [-0.2, -0.15) is 0 Å². The normalized spacial score (nSPS) is 15.8. The number of esters is 1. The predicted molar refractivity (Wildman–Crippen MR) is 82.1 cm³/mol. The Labute approximate surface area is 121 Å². The Kier molecular flexibility index (Phi) is 5.90. The Morgan fingerprint density at radius 3 is 2.55 bits per heavy atom. The maximum absolute atomic E-state index is 11.5. The number of hydrogen-bond acceptors (Lipinski definition) is 3. The average Bonchev–Trinajstić information content (AvgIpc) is 2.49. The number of benzene rings is 1. The van der Waals surface area contributed by atoms with E-state index in [9.17, 15) is 4.79 Å². The summed E-state index contributed by atoms with van der Waals surface area (Å²) in [5.74, 6) is 0.649. The highest BCUT2D eigenvalue weighted by Gasteiger charge is 2.12. The molecule has 1 saturated carbocycles. The van der Waals surface area contributed by atoms with Crippen molar-refractivity contribution in [2.75, 3.05) is 18.5 Å². The number of hydrogen-bond donors (Lipinski definition) is 1. The lowest BCUT2D eigenvalue weighted by Crippen LogP contribution is -2.12. The molecule has 1 aliphatic carbocycles. The fraction of sp³-hybridized carbons (Fsp3) is 0.588. The van der Waals surface area contributed by atoms with E-state index in [1.807, 2.05) is 31.2 Å². The van der Waals surface area contributed by atoms with Crippen molar-refractivity contribution in [1.29, 1.82) is 0 Å². The summed E-state index contributed by atoms with van der Waals surface area (Å²) in [6, 6.07) is 7.54. The molecular formula is C17H25NO2. The molecule has 0 saturated heterocycles. The average molecular weight is 275 g/mol. The van der Waals surface area contributed by atoms with Gasteiger partial charge < -0.3 is 10.1 Å². The van der Waals surface area contributed by atoms with Crippen molar-refractivity contribution < 1.29 is 9.53 Å². The molecule has 1 aromatic rings. The Balaban J connectivity index is 1.74. The van der Waals surface area contributed by atoms with Crippen molar-refractivity contribution in [3.8, 4) is 0 Å². The lowest BCUT2D eigenvalue weighted by atomic mass is 9.87. The van der Waals surface area contributed by atoms with Crippen molar-refractivity contribution in [1.82, 2.24) is 0 Å². The minimum absolute atomic E-state index is 0.249. The summed E-state index contributed by atoms with van der Waals surface area (Å²) in [6.45, 7) is 3.25. The summed E-state index contributed by atoms with van der Waals surface area (Å²) in [6.07, 6.45) is 8.25. The third kappa shape index (κ3) is 4.55. The monoisotopic (exact) mass is 275 g/mol. The van der Waals surface area contributed by atoms with Gasteiger partial charge in [0.05, 0.1) is 12.2 Å². The largest absolute Gasteiger partial charge is 0.462 e. The SMILES string of the molecule is CCOC(=O)c1ccc(NCCC2CCCCC2)cc1. The molecule has 0 aliphatic heterocycles. The van der Waals surface area contributed by atoms with Gasteiger partial charge in [-0.05, 0) is 43.5 Å². The van der Waals surface area contributed by atoms with Crippen LogP contribution in [-0.2, 0) is 4.74 Å². The van der Waals surface area contributed by atoms with E-state index in [1.165, 1.54) is 38.5 Å². The molecule has 0 bridgehead atoms. The smallest absolute Gasteiger partial charge is 0.338 e. The van der Waals surface area contributed by atoms with E-state index in [0.717, 1.165) is 18.2 Å². The third-order valence-electron chi connectivity index (χ3n) is 4.00. The quantitative estimate of drug-likeness (QED) is 0.789. The van der Waals surface area contributed by atoms with Gasteiger partial charge in [-0.3, -0.25) is 0 Å². The summed E-state index contributed by atoms with van der Waals surface area (Å²) in [7, 11) is 0. The minimum Gasteiger partial charge on any atom is -0.462 e. The standard InChI is InChI=1S/C17H25NO2/c1-2-20-17(19)15-8-10-16(11-9-15)18-13-12-14-6-4-3-5-7-14/h8-11,14,18H,2-7,12-13H2,1H3. The molecule has 3 heteroatoms. The van der Waals surface area contributed by atoms with E-state index in [1.54, 1.807) is 0 Å². The highest BCUT2D eigenvalue weighted by atomic mass is 16.5. The van der Waals surface area contributed by atoms with Crippen LogP contribution in [-0.4, -0.2) is 19.1 Å². The fourth-order valence-electron chi connectivity index (χ4n) is 2.84. The zero-order valence-corrected chi connectivity index (χ0v) is 12.4. The molecule has 3 nitrogen and oxygen atoms in total. The van der Waals surface area contributed by atoms with Crippen LogP contribution in [0.2, 0.25) is 0 Å². The second-order valence-corrected chi connectivity index (χ2v) is 5.52. The molecule has 20 heavy (non-hydrogen) atoms. The topological polar surface area (TPSA) is 38.3 Å². The van der Waals surface area contributed by atoms with Crippen molar-refractivity contribution >= 4 is 11.7 Å². The molecule has 110 valence electrons. The van der Waals surface area contributed by atoms with Gasteiger partial charge in [-0.15, -0.1) is 0 Å². The van der Waals surface area contributed by atoms with Crippen LogP contribution in [0.3, 0.4) is 0 Å². The molecule has 0 spiro atoms. The third-order valence-corrected chi connectivity index (χ3v) is 4.00. The zero-order valence-electron chi connectivity index (χ0n) is 12.4. The molecule has 1 aliphatic rings. The van der Waals surface area contributed by atoms with E-state index in [2.05, 4.69) is 5.32 Å². The molecule has 1 aromatic carbocycles. The van der Waals surface area contributed by atoms with Gasteiger partial charge in [-0.25, -0.2) is 4.79 Å². The van der Waals surface area contributed by atoms with Gasteiger partial charge in [0, 0.05) is 12.2 Å². The molecule has 1 N–H and O–H groups in total. The number of carbonyl (C=O) groups is 1. The van der Waals surface area contributed by atoms with Crippen LogP contribution >= 0.6 is 0 Å². The number of ether oxygens (including phenoxy) is 1. The lowest BCUT2D eigenvalue weighted by Gasteiger charge is -2.21. The summed E-state index contributed by atoms with van der Waals surface area (Å²) in [4.78, 5) is 11.5. The fourth-order valence-corrected chi connectivity index (χ4v) is 2.84. The van der Waals surface area contributed by atoms with Crippen molar-refractivity contribution in [3.05, 3.63) is 29.8 Å². The number of rotatable bonds is 6. The highest BCUT2D eigenvalue weighted by Crippen LogP contribution is 2.26. The van der Waals surface area contributed by atoms with Gasteiger partial charge in [0.2, 0.25) is 0 Å². The first-order valence-electron chi connectivity index (χ1n) is 7.80. The molecule has 0 heterocycles. The van der Waals surface area contributed by atoms with Crippen molar-refractivity contribution in [3.63, 3.8) is 0 Å². The molecule has 0 unspecified atom stereocenters. The van der Waals surface area contributed by atoms with Crippen LogP contribution in [0.25, 0.3) is 0 Å². The summed E-state index contributed by atoms with van der Waals surface area (Å²) in [5, 5.41) is 3.44. The van der Waals surface area contributed by atoms with Crippen LogP contribution in [0.4, 0.5) is 5.69 Å². The summed E-state index contributed by atoms with van der Waals surface area (Å²) in [5.41, 5.74) is 1.69. The maximum Gasteiger partial charge on any atom is 0.338 e. The van der Waals surface area contributed by atoms with Crippen LogP contribution in [0, 0.1) is 5.92 Å². The van der Waals surface area contributed by atoms with E-state index in [4.69, 9.17) is 4.74 Å². The molecule has 0 radical (unpaired) electrons. The van der Waals surface area contributed by atoms with Crippen LogP contribution in [0.15, 0.2) is 24.3 Å². The molecule has 1 fully saturated rings. The molecular weight excluding hydrogens is 250 g/mol. The van der Waals surface area contributed by atoms with Gasteiger partial charge in [0.25, 0.3) is 0 Å². The Morgan fingerprint density at radius 2 is 1.90 bits per heavy atom. The van der Waals surface area contributed by atoms with Gasteiger partial charge in [0.15, 0.2) is 0 Å². The van der Waals surface area contributed by atoms with Gasteiger partial charge >= 0.3 is 5.97 Å². The molecule has 0 amide bonds. The summed E-state index contributed by atoms with van der Waals surface area (Å²) >= 11 is 0. The minimum atomic E-state index is -0.249. The van der Waals surface area contributed by atoms with Crippen molar-refractivity contribution in [2.24, 2.45) is 5.92 Å². The van der Waals surface area contributed by atoms with Gasteiger partial charge in [0.1, 0.15) is 0 Å². The van der Waals surface area contributed by atoms with Crippen LogP contribution in [0.5, 0.6) is 0 Å². The first kappa shape index (κ1) is 14.9. The van der Waals surface area contributed by atoms with Crippen LogP contribution in [0.1, 0.15) is 55.8 Å². The Morgan fingerprint density at radius 1 is 1.20 bits per heavy atom. The second kappa shape index (κ2) is 7.93. The number of carbonyl (C=O) groups excluding carboxylic acids is 1. The lowest BCUT2D eigenvalue weighted by molar-refractivity contribution is 0.0526. The first-order valence-corrected chi connectivity index (χ1v) is 7.80. The van der Waals surface area contributed by atoms with Crippen molar-refractivity contribution in [2.45, 2.75) is 45.4 Å². The molecule has 0 aromatic heterocycles. The Bertz CT molecular complexity index is 408. The van der Waals surface area contributed by atoms with E-state index >= 15 is 0 Å². The Hall–Kier alpha value is -1.51. The zero-order chi connectivity index (χ0) is 14.2. The number of anilines is 1. The van der Waals surface area contributed by atoms with Crippen LogP contribution < -0.4 is 5.32 Å². The van der Waals surface area contributed by atoms with E-state index in [0.29, 0.717) is 12.2 Å². The van der Waals surface area contributed by atoms with E-state index in [-0.39, 0.29) is 5.97 Å². The number of nitrogens with one attached hydrogen (secondary N) is 1. The first-order chi connectivity index (χ1) is 9.79. The second-order valence-electron chi connectivity index (χ2n) is 5.52. The molecule has 0 atom stereocenters. The summed E-state index contributed by atoms with van der Waals surface area (Å²) < 4.78 is 4.97. The molecule has 2 rings (SSSR count). The highest BCUT2D eigenvalue weighted by molar-refractivity contribution is 5.89. The maximum atomic E-state index is 11.5. The predicted octanol–water partition coefficient (Wildman–Crippen LogP) is 4.25. The van der Waals surface area contributed by atoms with E-state index < -0.39 is 0 Å².